The number of amides is 1. The molecule has 2 saturated carbocycles. The number of benzene rings is 1. The average molecular weight is 397 g/mol. The van der Waals surface area contributed by atoms with Gasteiger partial charge in [-0.2, -0.15) is 0 Å². The van der Waals surface area contributed by atoms with Crippen LogP contribution in [0.3, 0.4) is 0 Å². The number of carbonyl (C=O) groups is 1. The molecule has 2 N–H and O–H groups in total. The number of nitrogens with zero attached hydrogens (tertiary/aromatic N) is 1. The van der Waals surface area contributed by atoms with Crippen molar-refractivity contribution in [2.24, 2.45) is 17.8 Å². The third-order valence-electron chi connectivity index (χ3n) is 6.21. The average Bonchev–Trinajstić information content (AvgIpc) is 3.34. The van der Waals surface area contributed by atoms with Gasteiger partial charge in [-0.25, -0.2) is 4.98 Å². The summed E-state index contributed by atoms with van der Waals surface area (Å²) in [6.45, 7) is 0.805. The van der Waals surface area contributed by atoms with Gasteiger partial charge in [-0.05, 0) is 85.4 Å². The molecule has 4 nitrogen and oxygen atoms in total. The normalized spacial score (nSPS) is 23.1. The van der Waals surface area contributed by atoms with Gasteiger partial charge in [0.2, 0.25) is 0 Å². The molecule has 4 rings (SSSR count). The zero-order valence-corrected chi connectivity index (χ0v) is 17.0. The Morgan fingerprint density at radius 3 is 2.79 bits per heavy atom. The third kappa shape index (κ3) is 4.69. The Morgan fingerprint density at radius 2 is 2.04 bits per heavy atom. The molecule has 0 saturated heterocycles. The molecule has 1 amide bonds. The van der Waals surface area contributed by atoms with E-state index in [1.807, 2.05) is 24.3 Å². The second kappa shape index (κ2) is 8.99. The van der Waals surface area contributed by atoms with E-state index in [2.05, 4.69) is 10.3 Å². The molecule has 2 aromatic rings. The fraction of sp³-hybridized carbons (Fsp3) is 0.478. The van der Waals surface area contributed by atoms with Crippen LogP contribution < -0.4 is 5.32 Å². The lowest BCUT2D eigenvalue weighted by atomic mass is 9.89. The first-order valence-corrected chi connectivity index (χ1v) is 11.3. The van der Waals surface area contributed by atoms with Crippen molar-refractivity contribution < 1.29 is 9.90 Å². The minimum Gasteiger partial charge on any atom is -0.508 e. The number of aromatic nitrogens is 1. The van der Waals surface area contributed by atoms with Gasteiger partial charge in [0.05, 0.1) is 5.56 Å². The molecule has 148 valence electrons. The summed E-state index contributed by atoms with van der Waals surface area (Å²) < 4.78 is 0. The number of rotatable bonds is 8. The Bertz CT molecular complexity index is 809. The van der Waals surface area contributed by atoms with Gasteiger partial charge in [-0.3, -0.25) is 4.79 Å². The van der Waals surface area contributed by atoms with Crippen LogP contribution in [-0.2, 0) is 6.42 Å². The lowest BCUT2D eigenvalue weighted by Crippen LogP contribution is -2.32. The maximum absolute atomic E-state index is 12.7. The van der Waals surface area contributed by atoms with Crippen LogP contribution in [0.1, 0.15) is 48.0 Å². The van der Waals surface area contributed by atoms with Crippen LogP contribution in [0.4, 0.5) is 0 Å². The number of thioether (sulfide) groups is 1. The number of hydrogen-bond donors (Lipinski definition) is 2. The smallest absolute Gasteiger partial charge is 0.254 e. The van der Waals surface area contributed by atoms with Crippen LogP contribution in [0.25, 0.3) is 0 Å². The van der Waals surface area contributed by atoms with E-state index < -0.39 is 0 Å². The quantitative estimate of drug-likeness (QED) is 0.502. The minimum atomic E-state index is 0.0110. The maximum atomic E-state index is 12.7. The number of nitrogens with one attached hydrogen (secondary N) is 1. The molecular formula is C23H28N2O2S. The van der Waals surface area contributed by atoms with E-state index in [9.17, 15) is 9.90 Å². The summed E-state index contributed by atoms with van der Waals surface area (Å²) in [5.41, 5.74) is 1.91. The first kappa shape index (κ1) is 19.3. The second-order valence-corrected chi connectivity index (χ2v) is 9.20. The molecule has 1 aromatic carbocycles. The lowest BCUT2D eigenvalue weighted by molar-refractivity contribution is 0.0938. The first-order chi connectivity index (χ1) is 13.7. The Balaban J connectivity index is 1.26. The van der Waals surface area contributed by atoms with Gasteiger partial charge in [0.25, 0.3) is 5.91 Å². The summed E-state index contributed by atoms with van der Waals surface area (Å²) in [4.78, 5) is 17.2. The van der Waals surface area contributed by atoms with Gasteiger partial charge in [-0.15, -0.1) is 11.8 Å². The predicted molar refractivity (Wildman–Crippen MR) is 113 cm³/mol. The molecule has 0 aliphatic heterocycles. The highest BCUT2D eigenvalue weighted by Gasteiger charge is 2.39. The standard InChI is InChI=1S/C23H28N2O2S/c26-20-9-6-16(7-10-20)3-2-12-28-23-21(4-1-11-24-23)22(27)25-15-19-14-17-5-8-18(19)13-17/h1,4,6-7,9-11,17-19,26H,2-3,5,8,12-15H2,(H,25,27). The number of phenols is 1. The number of pyridine rings is 1. The fourth-order valence-electron chi connectivity index (χ4n) is 4.73. The van der Waals surface area contributed by atoms with E-state index in [-0.39, 0.29) is 5.91 Å². The van der Waals surface area contributed by atoms with Crippen LogP contribution in [0.2, 0.25) is 0 Å². The van der Waals surface area contributed by atoms with Crippen molar-refractivity contribution in [1.82, 2.24) is 10.3 Å². The lowest BCUT2D eigenvalue weighted by Gasteiger charge is -2.22. The Labute approximate surface area is 171 Å². The van der Waals surface area contributed by atoms with E-state index in [1.54, 1.807) is 30.1 Å². The second-order valence-electron chi connectivity index (χ2n) is 8.12. The SMILES string of the molecule is O=C(NCC1CC2CCC1C2)c1cccnc1SCCCc1ccc(O)cc1. The number of hydrogen-bond acceptors (Lipinski definition) is 4. The molecule has 2 aliphatic carbocycles. The molecule has 2 bridgehead atoms. The molecule has 1 heterocycles. The molecule has 2 fully saturated rings. The van der Waals surface area contributed by atoms with Crippen LogP contribution in [0.5, 0.6) is 5.75 Å². The van der Waals surface area contributed by atoms with E-state index in [0.29, 0.717) is 17.2 Å². The van der Waals surface area contributed by atoms with Crippen LogP contribution >= 0.6 is 11.8 Å². The number of carbonyl (C=O) groups excluding carboxylic acids is 1. The summed E-state index contributed by atoms with van der Waals surface area (Å²) in [5.74, 6) is 3.62. The molecule has 5 heteroatoms. The highest BCUT2D eigenvalue weighted by molar-refractivity contribution is 7.99. The molecule has 3 unspecified atom stereocenters. The maximum Gasteiger partial charge on any atom is 0.254 e. The highest BCUT2D eigenvalue weighted by Crippen LogP contribution is 2.47. The number of aromatic hydroxyl groups is 1. The molecule has 0 radical (unpaired) electrons. The van der Waals surface area contributed by atoms with Gasteiger partial charge < -0.3 is 10.4 Å². The Hall–Kier alpha value is -2.01. The monoisotopic (exact) mass is 396 g/mol. The minimum absolute atomic E-state index is 0.0110. The van der Waals surface area contributed by atoms with Gasteiger partial charge in [-0.1, -0.05) is 18.6 Å². The van der Waals surface area contributed by atoms with Crippen molar-refractivity contribution in [2.45, 2.75) is 43.6 Å². The summed E-state index contributed by atoms with van der Waals surface area (Å²) in [5, 5.41) is 13.3. The van der Waals surface area contributed by atoms with Gasteiger partial charge >= 0.3 is 0 Å². The van der Waals surface area contributed by atoms with Crippen molar-refractivity contribution in [3.8, 4) is 5.75 Å². The Morgan fingerprint density at radius 1 is 1.18 bits per heavy atom. The van der Waals surface area contributed by atoms with Gasteiger partial charge in [0, 0.05) is 12.7 Å². The van der Waals surface area contributed by atoms with E-state index >= 15 is 0 Å². The van der Waals surface area contributed by atoms with Crippen molar-refractivity contribution in [3.05, 3.63) is 53.7 Å². The van der Waals surface area contributed by atoms with E-state index in [4.69, 9.17) is 0 Å². The molecule has 1 aromatic heterocycles. The Kier molecular flexibility index (Phi) is 6.20. The topological polar surface area (TPSA) is 62.2 Å². The van der Waals surface area contributed by atoms with Crippen molar-refractivity contribution in [1.29, 1.82) is 0 Å². The van der Waals surface area contributed by atoms with E-state index in [0.717, 1.165) is 42.0 Å². The van der Waals surface area contributed by atoms with Gasteiger partial charge in [0.15, 0.2) is 0 Å². The van der Waals surface area contributed by atoms with Crippen molar-refractivity contribution in [2.75, 3.05) is 12.3 Å². The largest absolute Gasteiger partial charge is 0.508 e. The number of aryl methyl sites for hydroxylation is 1. The number of fused-ring (bicyclic) bond motifs is 2. The molecule has 0 spiro atoms. The molecule has 28 heavy (non-hydrogen) atoms. The van der Waals surface area contributed by atoms with E-state index in [1.165, 1.54) is 31.2 Å². The summed E-state index contributed by atoms with van der Waals surface area (Å²) in [6, 6.07) is 11.1. The fourth-order valence-corrected chi connectivity index (χ4v) is 5.67. The zero-order chi connectivity index (χ0) is 19.3. The predicted octanol–water partition coefficient (Wildman–Crippen LogP) is 4.68. The molecule has 2 aliphatic rings. The first-order valence-electron chi connectivity index (χ1n) is 10.3. The zero-order valence-electron chi connectivity index (χ0n) is 16.1. The van der Waals surface area contributed by atoms with Crippen molar-refractivity contribution >= 4 is 17.7 Å². The third-order valence-corrected chi connectivity index (χ3v) is 7.30. The summed E-state index contributed by atoms with van der Waals surface area (Å²) in [7, 11) is 0. The van der Waals surface area contributed by atoms with Crippen molar-refractivity contribution in [3.63, 3.8) is 0 Å². The summed E-state index contributed by atoms with van der Waals surface area (Å²) >= 11 is 1.65. The molecular weight excluding hydrogens is 368 g/mol. The molecule has 3 atom stereocenters. The van der Waals surface area contributed by atoms with Crippen LogP contribution in [0, 0.1) is 17.8 Å². The highest BCUT2D eigenvalue weighted by atomic mass is 32.2. The van der Waals surface area contributed by atoms with Crippen LogP contribution in [-0.4, -0.2) is 28.3 Å². The number of phenolic OH excluding ortho intramolecular Hbond substituents is 1. The van der Waals surface area contributed by atoms with Crippen LogP contribution in [0.15, 0.2) is 47.6 Å². The van der Waals surface area contributed by atoms with Gasteiger partial charge in [0.1, 0.15) is 10.8 Å². The summed E-state index contributed by atoms with van der Waals surface area (Å²) in [6.07, 6.45) is 9.11.